The lowest BCUT2D eigenvalue weighted by Gasteiger charge is -2.11. The van der Waals surface area contributed by atoms with Crippen molar-refractivity contribution in [1.82, 2.24) is 10.2 Å². The van der Waals surface area contributed by atoms with Crippen molar-refractivity contribution < 1.29 is 9.53 Å². The van der Waals surface area contributed by atoms with Crippen LogP contribution in [-0.4, -0.2) is 22.2 Å². The van der Waals surface area contributed by atoms with Gasteiger partial charge in [-0.2, -0.15) is 5.10 Å². The molecule has 0 saturated heterocycles. The van der Waals surface area contributed by atoms with E-state index in [2.05, 4.69) is 10.2 Å². The Morgan fingerprint density at radius 1 is 1.44 bits per heavy atom. The van der Waals surface area contributed by atoms with Crippen LogP contribution in [0.5, 0.6) is 5.75 Å². The lowest BCUT2D eigenvalue weighted by Crippen LogP contribution is -2.30. The summed E-state index contributed by atoms with van der Waals surface area (Å²) in [4.78, 5) is 10.9. The number of H-pyrrole nitrogens is 1. The fourth-order valence-electron chi connectivity index (χ4n) is 1.56. The second-order valence-corrected chi connectivity index (χ2v) is 4.13. The summed E-state index contributed by atoms with van der Waals surface area (Å²) in [6, 6.07) is 9.33. The standard InChI is InChI=1S/C13H15N3O2/c1-8-6-12(16-15-8)10-4-3-5-11(7-10)18-9(2)13(14)17/h3-7,9H,1-2H3,(H2,14,17)(H,15,16). The first kappa shape index (κ1) is 12.2. The summed E-state index contributed by atoms with van der Waals surface area (Å²) < 4.78 is 5.43. The largest absolute Gasteiger partial charge is 0.481 e. The minimum Gasteiger partial charge on any atom is -0.481 e. The van der Waals surface area contributed by atoms with Crippen molar-refractivity contribution in [2.75, 3.05) is 0 Å². The number of carbonyl (C=O) groups excluding carboxylic acids is 1. The highest BCUT2D eigenvalue weighted by Gasteiger charge is 2.11. The van der Waals surface area contributed by atoms with E-state index < -0.39 is 12.0 Å². The predicted molar refractivity (Wildman–Crippen MR) is 68.0 cm³/mol. The summed E-state index contributed by atoms with van der Waals surface area (Å²) in [5.41, 5.74) is 7.91. The number of aromatic nitrogens is 2. The first-order valence-electron chi connectivity index (χ1n) is 5.64. The minimum absolute atomic E-state index is 0.490. The van der Waals surface area contributed by atoms with Crippen LogP contribution in [0.1, 0.15) is 12.6 Å². The Hall–Kier alpha value is -2.30. The quantitative estimate of drug-likeness (QED) is 0.859. The van der Waals surface area contributed by atoms with Crippen molar-refractivity contribution in [3.63, 3.8) is 0 Å². The highest BCUT2D eigenvalue weighted by Crippen LogP contribution is 2.23. The number of hydrogen-bond acceptors (Lipinski definition) is 3. The van der Waals surface area contributed by atoms with Crippen LogP contribution in [0.25, 0.3) is 11.3 Å². The van der Waals surface area contributed by atoms with Gasteiger partial charge in [-0.25, -0.2) is 0 Å². The number of amides is 1. The Bertz CT molecular complexity index is 563. The number of hydrogen-bond donors (Lipinski definition) is 2. The number of nitrogens with zero attached hydrogens (tertiary/aromatic N) is 1. The molecular weight excluding hydrogens is 230 g/mol. The third kappa shape index (κ3) is 2.68. The van der Waals surface area contributed by atoms with Gasteiger partial charge >= 0.3 is 0 Å². The Morgan fingerprint density at radius 3 is 2.83 bits per heavy atom. The van der Waals surface area contributed by atoms with E-state index in [9.17, 15) is 4.79 Å². The Kier molecular flexibility index (Phi) is 3.32. The van der Waals surface area contributed by atoms with Gasteiger partial charge in [-0.15, -0.1) is 0 Å². The van der Waals surface area contributed by atoms with E-state index in [1.165, 1.54) is 0 Å². The van der Waals surface area contributed by atoms with E-state index in [0.717, 1.165) is 17.0 Å². The van der Waals surface area contributed by atoms with Crippen LogP contribution in [0.15, 0.2) is 30.3 Å². The predicted octanol–water partition coefficient (Wildman–Crippen LogP) is 1.64. The molecule has 18 heavy (non-hydrogen) atoms. The molecule has 1 aromatic heterocycles. The molecular formula is C13H15N3O2. The maximum absolute atomic E-state index is 10.9. The zero-order valence-electron chi connectivity index (χ0n) is 10.3. The van der Waals surface area contributed by atoms with Gasteiger partial charge in [-0.05, 0) is 32.0 Å². The molecule has 0 radical (unpaired) electrons. The topological polar surface area (TPSA) is 81.0 Å². The SMILES string of the molecule is Cc1cc(-c2cccc(OC(C)C(N)=O)c2)n[nH]1. The van der Waals surface area contributed by atoms with Gasteiger partial charge in [0.1, 0.15) is 5.75 Å². The van der Waals surface area contributed by atoms with Gasteiger partial charge in [0.15, 0.2) is 6.10 Å². The zero-order valence-corrected chi connectivity index (χ0v) is 10.3. The van der Waals surface area contributed by atoms with Gasteiger partial charge in [0.05, 0.1) is 5.69 Å². The Balaban J connectivity index is 2.22. The molecule has 0 aliphatic rings. The average molecular weight is 245 g/mol. The van der Waals surface area contributed by atoms with Crippen molar-refractivity contribution in [1.29, 1.82) is 0 Å². The number of rotatable bonds is 4. The van der Waals surface area contributed by atoms with Gasteiger partial charge in [-0.3, -0.25) is 9.89 Å². The number of primary amides is 1. The normalized spacial score (nSPS) is 12.1. The van der Waals surface area contributed by atoms with Crippen LogP contribution in [-0.2, 0) is 4.79 Å². The summed E-state index contributed by atoms with van der Waals surface area (Å²) >= 11 is 0. The number of carbonyl (C=O) groups is 1. The van der Waals surface area contributed by atoms with Crippen molar-refractivity contribution in [3.8, 4) is 17.0 Å². The molecule has 3 N–H and O–H groups in total. The van der Waals surface area contributed by atoms with Crippen LogP contribution < -0.4 is 10.5 Å². The van der Waals surface area contributed by atoms with Crippen LogP contribution >= 0.6 is 0 Å². The van der Waals surface area contributed by atoms with Gasteiger partial charge < -0.3 is 10.5 Å². The molecule has 0 aliphatic heterocycles. The number of ether oxygens (including phenoxy) is 1. The van der Waals surface area contributed by atoms with Gasteiger partial charge in [-0.1, -0.05) is 12.1 Å². The minimum atomic E-state index is -0.652. The molecule has 2 aromatic rings. The van der Waals surface area contributed by atoms with Crippen molar-refractivity contribution in [2.24, 2.45) is 5.73 Å². The molecule has 1 atom stereocenters. The third-order valence-corrected chi connectivity index (χ3v) is 2.55. The van der Waals surface area contributed by atoms with E-state index in [0.29, 0.717) is 5.75 Å². The number of nitrogens with one attached hydrogen (secondary N) is 1. The third-order valence-electron chi connectivity index (χ3n) is 2.55. The lowest BCUT2D eigenvalue weighted by molar-refractivity contribution is -0.123. The lowest BCUT2D eigenvalue weighted by atomic mass is 10.1. The molecule has 5 heteroatoms. The van der Waals surface area contributed by atoms with Crippen molar-refractivity contribution in [3.05, 3.63) is 36.0 Å². The second kappa shape index (κ2) is 4.91. The molecule has 0 fully saturated rings. The Labute approximate surface area is 105 Å². The van der Waals surface area contributed by atoms with E-state index in [1.807, 2.05) is 31.2 Å². The van der Waals surface area contributed by atoms with Gasteiger partial charge in [0.25, 0.3) is 5.91 Å². The molecule has 2 rings (SSSR count). The first-order chi connectivity index (χ1) is 8.56. The zero-order chi connectivity index (χ0) is 13.1. The fraction of sp³-hybridized carbons (Fsp3) is 0.231. The van der Waals surface area contributed by atoms with Crippen molar-refractivity contribution in [2.45, 2.75) is 20.0 Å². The summed E-state index contributed by atoms with van der Waals surface area (Å²) in [7, 11) is 0. The summed E-state index contributed by atoms with van der Waals surface area (Å²) in [5.74, 6) is 0.107. The molecule has 0 aliphatic carbocycles. The van der Waals surface area contributed by atoms with Crippen LogP contribution in [0, 0.1) is 6.92 Å². The Morgan fingerprint density at radius 2 is 2.22 bits per heavy atom. The molecule has 1 unspecified atom stereocenters. The highest BCUT2D eigenvalue weighted by atomic mass is 16.5. The number of aromatic amines is 1. The monoisotopic (exact) mass is 245 g/mol. The van der Waals surface area contributed by atoms with E-state index in [-0.39, 0.29) is 0 Å². The average Bonchev–Trinajstić information content (AvgIpc) is 2.76. The molecule has 5 nitrogen and oxygen atoms in total. The van der Waals surface area contributed by atoms with Gasteiger partial charge in [0.2, 0.25) is 0 Å². The molecule has 0 bridgehead atoms. The molecule has 0 saturated carbocycles. The van der Waals surface area contributed by atoms with E-state index in [1.54, 1.807) is 13.0 Å². The molecule has 94 valence electrons. The van der Waals surface area contributed by atoms with Crippen LogP contribution in [0.4, 0.5) is 0 Å². The summed E-state index contributed by atoms with van der Waals surface area (Å²) in [5, 5.41) is 7.05. The molecule has 1 heterocycles. The number of nitrogens with two attached hydrogens (primary N) is 1. The van der Waals surface area contributed by atoms with Crippen LogP contribution in [0.3, 0.4) is 0 Å². The number of aryl methyl sites for hydroxylation is 1. The van der Waals surface area contributed by atoms with Crippen molar-refractivity contribution >= 4 is 5.91 Å². The smallest absolute Gasteiger partial charge is 0.258 e. The van der Waals surface area contributed by atoms with E-state index in [4.69, 9.17) is 10.5 Å². The van der Waals surface area contributed by atoms with Gasteiger partial charge in [0, 0.05) is 11.3 Å². The maximum Gasteiger partial charge on any atom is 0.258 e. The summed E-state index contributed by atoms with van der Waals surface area (Å²) in [6.45, 7) is 3.56. The summed E-state index contributed by atoms with van der Waals surface area (Å²) in [6.07, 6.45) is -0.652. The van der Waals surface area contributed by atoms with E-state index >= 15 is 0 Å². The fourth-order valence-corrected chi connectivity index (χ4v) is 1.56. The molecule has 1 aromatic carbocycles. The number of benzene rings is 1. The maximum atomic E-state index is 10.9. The first-order valence-corrected chi connectivity index (χ1v) is 5.64. The molecule has 1 amide bonds. The highest BCUT2D eigenvalue weighted by molar-refractivity contribution is 5.78. The van der Waals surface area contributed by atoms with Crippen LogP contribution in [0.2, 0.25) is 0 Å². The second-order valence-electron chi connectivity index (χ2n) is 4.13. The molecule has 0 spiro atoms.